The number of nitrogens with zero attached hydrogens (tertiary/aromatic N) is 4. The molecule has 1 aliphatic rings. The van der Waals surface area contributed by atoms with Crippen LogP contribution in [-0.2, 0) is 4.79 Å². The van der Waals surface area contributed by atoms with E-state index in [9.17, 15) is 4.79 Å². The van der Waals surface area contributed by atoms with Gasteiger partial charge in [-0.3, -0.25) is 9.20 Å². The molecule has 1 fully saturated rings. The highest BCUT2D eigenvalue weighted by atomic mass is 32.2. The number of benzene rings is 1. The van der Waals surface area contributed by atoms with E-state index in [1.165, 1.54) is 23.7 Å². The molecule has 0 N–H and O–H groups in total. The Morgan fingerprint density at radius 2 is 1.89 bits per heavy atom. The summed E-state index contributed by atoms with van der Waals surface area (Å²) in [4.78, 5) is 14.9. The number of hydrogen-bond acceptors (Lipinski definition) is 4. The van der Waals surface area contributed by atoms with Crippen molar-refractivity contribution in [2.24, 2.45) is 0 Å². The van der Waals surface area contributed by atoms with Crippen molar-refractivity contribution in [2.45, 2.75) is 64.2 Å². The number of aromatic nitrogens is 3. The average Bonchev–Trinajstić information content (AvgIpc) is 3.05. The van der Waals surface area contributed by atoms with E-state index in [4.69, 9.17) is 0 Å². The summed E-state index contributed by atoms with van der Waals surface area (Å²) in [5, 5.41) is 10.7. The first kappa shape index (κ1) is 18.3. The largest absolute Gasteiger partial charge is 0.337 e. The topological polar surface area (TPSA) is 50.5 Å². The second kappa shape index (κ2) is 7.15. The lowest BCUT2D eigenvalue weighted by Crippen LogP contribution is -2.48. The summed E-state index contributed by atoms with van der Waals surface area (Å²) in [6.45, 7) is 8.46. The van der Waals surface area contributed by atoms with Crippen LogP contribution in [0.1, 0.15) is 44.2 Å². The molecule has 0 aliphatic carbocycles. The molecule has 3 heterocycles. The van der Waals surface area contributed by atoms with Crippen molar-refractivity contribution < 1.29 is 4.79 Å². The Bertz CT molecular complexity index is 1000. The predicted octanol–water partition coefficient (Wildman–Crippen LogP) is 4.38. The smallest absolute Gasteiger partial charge is 0.233 e. The lowest BCUT2D eigenvalue weighted by atomic mass is 9.98. The Morgan fingerprint density at radius 1 is 1.15 bits per heavy atom. The molecule has 1 saturated heterocycles. The van der Waals surface area contributed by atoms with Gasteiger partial charge in [0.15, 0.2) is 10.8 Å². The highest BCUT2D eigenvalue weighted by Gasteiger charge is 2.29. The monoisotopic (exact) mass is 382 g/mol. The Hall–Kier alpha value is -2.08. The van der Waals surface area contributed by atoms with Crippen LogP contribution >= 0.6 is 11.8 Å². The number of hydrogen-bond donors (Lipinski definition) is 0. The van der Waals surface area contributed by atoms with E-state index in [1.807, 2.05) is 0 Å². The SMILES string of the molecule is Cc1ccc2cc(C)c3nnc(SCC(=O)N4C(C)CCCC4C)n3c2c1. The maximum absolute atomic E-state index is 12.9. The van der Waals surface area contributed by atoms with E-state index < -0.39 is 0 Å². The van der Waals surface area contributed by atoms with Gasteiger partial charge in [-0.25, -0.2) is 0 Å². The molecule has 3 aromatic rings. The number of carbonyl (C=O) groups excluding carboxylic acids is 1. The van der Waals surface area contributed by atoms with Gasteiger partial charge in [0, 0.05) is 12.1 Å². The van der Waals surface area contributed by atoms with Crippen LogP contribution in [0, 0.1) is 13.8 Å². The molecule has 2 unspecified atom stereocenters. The van der Waals surface area contributed by atoms with Crippen molar-refractivity contribution in [3.8, 4) is 0 Å². The molecule has 1 amide bonds. The molecule has 1 aromatic carbocycles. The molecule has 142 valence electrons. The van der Waals surface area contributed by atoms with E-state index in [1.54, 1.807) is 0 Å². The van der Waals surface area contributed by atoms with Gasteiger partial charge >= 0.3 is 0 Å². The van der Waals surface area contributed by atoms with Gasteiger partial charge in [0.05, 0.1) is 11.3 Å². The highest BCUT2D eigenvalue weighted by molar-refractivity contribution is 7.99. The average molecular weight is 383 g/mol. The number of thioether (sulfide) groups is 1. The molecule has 1 aliphatic heterocycles. The van der Waals surface area contributed by atoms with Gasteiger partial charge in [-0.2, -0.15) is 0 Å². The molecule has 2 atom stereocenters. The van der Waals surface area contributed by atoms with Crippen molar-refractivity contribution in [3.63, 3.8) is 0 Å². The van der Waals surface area contributed by atoms with Crippen molar-refractivity contribution in [1.29, 1.82) is 0 Å². The fourth-order valence-electron chi connectivity index (χ4n) is 4.22. The third-order valence-electron chi connectivity index (χ3n) is 5.59. The van der Waals surface area contributed by atoms with Crippen LogP contribution in [0.2, 0.25) is 0 Å². The van der Waals surface area contributed by atoms with Gasteiger partial charge in [0.2, 0.25) is 5.91 Å². The Morgan fingerprint density at radius 3 is 2.63 bits per heavy atom. The molecule has 6 heteroatoms. The van der Waals surface area contributed by atoms with Crippen molar-refractivity contribution in [1.82, 2.24) is 19.5 Å². The van der Waals surface area contributed by atoms with E-state index in [-0.39, 0.29) is 5.91 Å². The lowest BCUT2D eigenvalue weighted by Gasteiger charge is -2.39. The van der Waals surface area contributed by atoms with Crippen LogP contribution in [0.15, 0.2) is 29.4 Å². The molecule has 0 spiro atoms. The molecule has 0 radical (unpaired) electrons. The van der Waals surface area contributed by atoms with Gasteiger partial charge < -0.3 is 4.90 Å². The summed E-state index contributed by atoms with van der Waals surface area (Å²) >= 11 is 1.49. The van der Waals surface area contributed by atoms with E-state index in [2.05, 4.69) is 71.5 Å². The molecular weight excluding hydrogens is 356 g/mol. The molecule has 27 heavy (non-hydrogen) atoms. The van der Waals surface area contributed by atoms with Gasteiger partial charge in [-0.15, -0.1) is 10.2 Å². The Labute approximate surface area is 164 Å². The highest BCUT2D eigenvalue weighted by Crippen LogP contribution is 2.28. The Kier molecular flexibility index (Phi) is 4.84. The fourth-order valence-corrected chi connectivity index (χ4v) is 5.03. The number of fused-ring (bicyclic) bond motifs is 3. The standard InChI is InChI=1S/C21H26N4OS/c1-13-8-9-17-11-14(2)20-22-23-21(25(20)18(17)10-13)27-12-19(26)24-15(3)6-5-7-16(24)4/h8-11,15-16H,5-7,12H2,1-4H3. The van der Waals surface area contributed by atoms with Crippen LogP contribution in [0.25, 0.3) is 16.6 Å². The first-order chi connectivity index (χ1) is 13.0. The molecule has 0 saturated carbocycles. The number of rotatable bonds is 3. The second-order valence-electron chi connectivity index (χ2n) is 7.75. The van der Waals surface area contributed by atoms with E-state index in [0.29, 0.717) is 17.8 Å². The van der Waals surface area contributed by atoms with Crippen LogP contribution in [0.4, 0.5) is 0 Å². The number of pyridine rings is 1. The fraction of sp³-hybridized carbons (Fsp3) is 0.476. The molecular formula is C21H26N4OS. The van der Waals surface area contributed by atoms with Crippen LogP contribution in [-0.4, -0.2) is 43.2 Å². The van der Waals surface area contributed by atoms with Gasteiger partial charge in [0.25, 0.3) is 0 Å². The van der Waals surface area contributed by atoms with Crippen molar-refractivity contribution in [3.05, 3.63) is 35.4 Å². The van der Waals surface area contributed by atoms with E-state index >= 15 is 0 Å². The number of aryl methyl sites for hydroxylation is 2. The number of amides is 1. The number of carbonyl (C=O) groups is 1. The Balaban J connectivity index is 1.65. The van der Waals surface area contributed by atoms with Crippen LogP contribution in [0.3, 0.4) is 0 Å². The summed E-state index contributed by atoms with van der Waals surface area (Å²) in [5.41, 5.74) is 4.25. The number of piperidine rings is 1. The minimum atomic E-state index is 0.199. The molecule has 2 aromatic heterocycles. The van der Waals surface area contributed by atoms with Crippen molar-refractivity contribution in [2.75, 3.05) is 5.75 Å². The maximum atomic E-state index is 12.9. The molecule has 5 nitrogen and oxygen atoms in total. The van der Waals surface area contributed by atoms with Crippen molar-refractivity contribution >= 4 is 34.2 Å². The summed E-state index contributed by atoms with van der Waals surface area (Å²) in [6, 6.07) is 9.20. The first-order valence-corrected chi connectivity index (χ1v) is 10.6. The van der Waals surface area contributed by atoms with Gasteiger partial charge in [0.1, 0.15) is 0 Å². The van der Waals surface area contributed by atoms with Gasteiger partial charge in [-0.1, -0.05) is 23.9 Å². The van der Waals surface area contributed by atoms with E-state index in [0.717, 1.165) is 40.1 Å². The summed E-state index contributed by atoms with van der Waals surface area (Å²) in [7, 11) is 0. The molecule has 0 bridgehead atoms. The zero-order valence-corrected chi connectivity index (χ0v) is 17.2. The second-order valence-corrected chi connectivity index (χ2v) is 8.69. The zero-order chi connectivity index (χ0) is 19.1. The summed E-state index contributed by atoms with van der Waals surface area (Å²) < 4.78 is 2.10. The third kappa shape index (κ3) is 3.31. The molecule has 4 rings (SSSR count). The quantitative estimate of drug-likeness (QED) is 0.631. The summed E-state index contributed by atoms with van der Waals surface area (Å²) in [5.74, 6) is 0.598. The zero-order valence-electron chi connectivity index (χ0n) is 16.4. The number of likely N-dealkylation sites (tertiary alicyclic amines) is 1. The first-order valence-electron chi connectivity index (χ1n) is 9.65. The minimum Gasteiger partial charge on any atom is -0.337 e. The van der Waals surface area contributed by atoms with Crippen LogP contribution in [0.5, 0.6) is 0 Å². The third-order valence-corrected chi connectivity index (χ3v) is 6.50. The lowest BCUT2D eigenvalue weighted by molar-refractivity contribution is -0.134. The van der Waals surface area contributed by atoms with Crippen LogP contribution < -0.4 is 0 Å². The normalized spacial score (nSPS) is 20.5. The summed E-state index contributed by atoms with van der Waals surface area (Å²) in [6.07, 6.45) is 3.40. The predicted molar refractivity (Wildman–Crippen MR) is 110 cm³/mol. The minimum absolute atomic E-state index is 0.199. The van der Waals surface area contributed by atoms with Gasteiger partial charge in [-0.05, 0) is 75.6 Å². The maximum Gasteiger partial charge on any atom is 0.233 e.